The van der Waals surface area contributed by atoms with E-state index in [1.807, 2.05) is 0 Å². The first-order chi connectivity index (χ1) is 3.72. The van der Waals surface area contributed by atoms with Crippen LogP contribution in [0.15, 0.2) is 4.40 Å². The Morgan fingerprint density at radius 1 is 1.75 bits per heavy atom. The summed E-state index contributed by atoms with van der Waals surface area (Å²) in [6, 6.07) is 0. The van der Waals surface area contributed by atoms with Crippen molar-refractivity contribution in [2.75, 3.05) is 0 Å². The second kappa shape index (κ2) is 2.25. The van der Waals surface area contributed by atoms with Gasteiger partial charge in [0.1, 0.15) is 0 Å². The van der Waals surface area contributed by atoms with Crippen molar-refractivity contribution in [2.45, 2.75) is 4.71 Å². The number of nitrogens with zero attached hydrogens (tertiary/aromatic N) is 1. The van der Waals surface area contributed by atoms with E-state index in [-0.39, 0.29) is 11.0 Å². The normalized spacial score (nSPS) is 28.5. The van der Waals surface area contributed by atoms with E-state index in [0.29, 0.717) is 0 Å². The molecule has 0 saturated heterocycles. The summed E-state index contributed by atoms with van der Waals surface area (Å²) in [5.74, 6) is -0.293. The van der Waals surface area contributed by atoms with Crippen molar-refractivity contribution in [1.29, 1.82) is 0 Å². The molecule has 44 valence electrons. The highest BCUT2D eigenvalue weighted by Gasteiger charge is 2.26. The maximum atomic E-state index is 10.5. The molecule has 0 aromatic heterocycles. The molecule has 0 fully saturated rings. The molecule has 1 unspecified atom stereocenters. The predicted molar refractivity (Wildman–Crippen MR) is 35.5 cm³/mol. The lowest BCUT2D eigenvalue weighted by molar-refractivity contribution is -0.111. The molecule has 1 heterocycles. The predicted octanol–water partition coefficient (Wildman–Crippen LogP) is 1.42. The number of alkyl halides is 1. The summed E-state index contributed by atoms with van der Waals surface area (Å²) < 4.78 is 2.92. The van der Waals surface area contributed by atoms with E-state index >= 15 is 0 Å². The molecule has 8 heavy (non-hydrogen) atoms. The lowest BCUT2D eigenvalue weighted by Gasteiger charge is -1.86. The molecule has 0 aliphatic carbocycles. The van der Waals surface area contributed by atoms with E-state index in [1.54, 1.807) is 0 Å². The Kier molecular flexibility index (Phi) is 1.80. The van der Waals surface area contributed by atoms with Crippen LogP contribution in [0.3, 0.4) is 0 Å². The van der Waals surface area contributed by atoms with Gasteiger partial charge >= 0.3 is 0 Å². The lowest BCUT2D eigenvalue weighted by Crippen LogP contribution is -2.10. The number of carbonyl (C=O) groups is 1. The Labute approximate surface area is 60.4 Å². The van der Waals surface area contributed by atoms with Crippen molar-refractivity contribution in [3.8, 4) is 0 Å². The van der Waals surface area contributed by atoms with Gasteiger partial charge < -0.3 is 0 Å². The summed E-state index contributed by atoms with van der Waals surface area (Å²) in [6.45, 7) is 0. The van der Waals surface area contributed by atoms with Gasteiger partial charge in [0.15, 0.2) is 9.88 Å². The van der Waals surface area contributed by atoms with Crippen LogP contribution < -0.4 is 0 Å². The van der Waals surface area contributed by atoms with Crippen molar-refractivity contribution in [3.05, 3.63) is 0 Å². The number of ketones is 1. The number of rotatable bonds is 0. The van der Waals surface area contributed by atoms with Crippen LogP contribution in [0.25, 0.3) is 0 Å². The first-order valence-corrected chi connectivity index (χ1v) is 3.44. The van der Waals surface area contributed by atoms with Gasteiger partial charge in [-0.05, 0) is 0 Å². The zero-order valence-electron chi connectivity index (χ0n) is 3.60. The van der Waals surface area contributed by atoms with Crippen LogP contribution in [0, 0.1) is 0 Å². The first-order valence-electron chi connectivity index (χ1n) is 1.79. The maximum absolute atomic E-state index is 10.5. The molecule has 0 spiro atoms. The third-order valence-corrected chi connectivity index (χ3v) is 2.13. The number of Topliss-reactive ketones (excluding diaryl/α,β-unsaturated/α-hetero) is 1. The molecule has 5 heteroatoms. The minimum absolute atomic E-state index is 0.00463. The van der Waals surface area contributed by atoms with Crippen molar-refractivity contribution < 1.29 is 4.79 Å². The van der Waals surface area contributed by atoms with Crippen LogP contribution in [0.4, 0.5) is 0 Å². The van der Waals surface area contributed by atoms with E-state index in [4.69, 9.17) is 23.2 Å². The lowest BCUT2D eigenvalue weighted by atomic mass is 10.5. The number of halogens is 2. The SMILES string of the molecule is O=C1C(Cl)=NSC1Cl. The highest BCUT2D eigenvalue weighted by molar-refractivity contribution is 8.01. The molecule has 2 nitrogen and oxygen atoms in total. The Bertz CT molecular complexity index is 157. The van der Waals surface area contributed by atoms with Gasteiger partial charge in [-0.2, -0.15) is 4.40 Å². The highest BCUT2D eigenvalue weighted by Crippen LogP contribution is 2.25. The van der Waals surface area contributed by atoms with Gasteiger partial charge in [-0.3, -0.25) is 4.79 Å². The zero-order valence-corrected chi connectivity index (χ0v) is 5.93. The van der Waals surface area contributed by atoms with Crippen LogP contribution in [-0.2, 0) is 4.79 Å². The average Bonchev–Trinajstić information content (AvgIpc) is 1.98. The summed E-state index contributed by atoms with van der Waals surface area (Å²) in [4.78, 5) is 10.5. The van der Waals surface area contributed by atoms with Gasteiger partial charge in [0.2, 0.25) is 5.78 Å². The van der Waals surface area contributed by atoms with Gasteiger partial charge in [0.05, 0.1) is 0 Å². The van der Waals surface area contributed by atoms with Crippen LogP contribution in [0.2, 0.25) is 0 Å². The summed E-state index contributed by atoms with van der Waals surface area (Å²) in [7, 11) is 0. The second-order valence-electron chi connectivity index (χ2n) is 1.17. The fraction of sp³-hybridized carbons (Fsp3) is 0.333. The quantitative estimate of drug-likeness (QED) is 0.406. The Morgan fingerprint density at radius 2 is 2.38 bits per heavy atom. The largest absolute Gasteiger partial charge is 0.289 e. The number of hydrogen-bond donors (Lipinski definition) is 0. The van der Waals surface area contributed by atoms with E-state index < -0.39 is 4.71 Å². The molecule has 1 rings (SSSR count). The average molecular weight is 170 g/mol. The van der Waals surface area contributed by atoms with Crippen LogP contribution >= 0.6 is 35.1 Å². The van der Waals surface area contributed by atoms with E-state index in [9.17, 15) is 4.79 Å². The third-order valence-electron chi connectivity index (χ3n) is 0.635. The summed E-state index contributed by atoms with van der Waals surface area (Å²) in [5.41, 5.74) is 0. The molecule has 0 aromatic rings. The Hall–Kier alpha value is 0.270. The van der Waals surface area contributed by atoms with Crippen LogP contribution in [0.5, 0.6) is 0 Å². The van der Waals surface area contributed by atoms with E-state index in [1.165, 1.54) is 0 Å². The fourth-order valence-corrected chi connectivity index (χ4v) is 1.33. The number of hydrogen-bond acceptors (Lipinski definition) is 3. The second-order valence-corrected chi connectivity index (χ2v) is 3.09. The smallest absolute Gasteiger partial charge is 0.223 e. The van der Waals surface area contributed by atoms with Gasteiger partial charge in [0.25, 0.3) is 0 Å². The maximum Gasteiger partial charge on any atom is 0.223 e. The van der Waals surface area contributed by atoms with Crippen molar-refractivity contribution in [2.24, 2.45) is 4.40 Å². The monoisotopic (exact) mass is 169 g/mol. The molecule has 1 aliphatic rings. The van der Waals surface area contributed by atoms with Gasteiger partial charge in [-0.15, -0.1) is 0 Å². The molecule has 0 bridgehead atoms. The Morgan fingerprint density at radius 3 is 2.50 bits per heavy atom. The number of carbonyl (C=O) groups excluding carboxylic acids is 1. The van der Waals surface area contributed by atoms with E-state index in [2.05, 4.69) is 4.40 Å². The zero-order chi connectivity index (χ0) is 6.15. The molecule has 0 aromatic carbocycles. The van der Waals surface area contributed by atoms with Crippen molar-refractivity contribution in [3.63, 3.8) is 0 Å². The van der Waals surface area contributed by atoms with Crippen molar-refractivity contribution >= 4 is 46.1 Å². The molecular formula is C3HCl2NOS. The summed E-state index contributed by atoms with van der Waals surface area (Å²) in [5, 5.41) is -0.00463. The summed E-state index contributed by atoms with van der Waals surface area (Å²) in [6.07, 6.45) is 0. The minimum atomic E-state index is -0.595. The molecule has 0 N–H and O–H groups in total. The van der Waals surface area contributed by atoms with Crippen LogP contribution in [-0.4, -0.2) is 15.7 Å². The fourth-order valence-electron chi connectivity index (χ4n) is 0.279. The van der Waals surface area contributed by atoms with Gasteiger partial charge in [0, 0.05) is 11.9 Å². The molecule has 1 aliphatic heterocycles. The van der Waals surface area contributed by atoms with Gasteiger partial charge in [-0.25, -0.2) is 0 Å². The summed E-state index contributed by atoms with van der Waals surface area (Å²) >= 11 is 11.6. The standard InChI is InChI=1S/C3HCl2NOS/c4-2-1(7)3(5)8-6-2/h3H. The van der Waals surface area contributed by atoms with Crippen molar-refractivity contribution in [1.82, 2.24) is 0 Å². The molecule has 0 radical (unpaired) electrons. The van der Waals surface area contributed by atoms with Crippen LogP contribution in [0.1, 0.15) is 0 Å². The topological polar surface area (TPSA) is 29.4 Å². The molecule has 1 atom stereocenters. The molecule has 0 amide bonds. The highest BCUT2D eigenvalue weighted by atomic mass is 35.5. The molecular weight excluding hydrogens is 169 g/mol. The van der Waals surface area contributed by atoms with Gasteiger partial charge in [-0.1, -0.05) is 23.2 Å². The molecule has 0 saturated carbocycles. The minimum Gasteiger partial charge on any atom is -0.289 e. The first kappa shape index (κ1) is 6.39. The van der Waals surface area contributed by atoms with E-state index in [0.717, 1.165) is 11.9 Å². The Balaban J connectivity index is 2.73. The third kappa shape index (κ3) is 0.989.